The lowest BCUT2D eigenvalue weighted by atomic mass is 10.3. The molecule has 1 aromatic rings. The molecule has 80 valence electrons. The van der Waals surface area contributed by atoms with Gasteiger partial charge in [-0.2, -0.15) is 0 Å². The maximum Gasteiger partial charge on any atom is 0.227 e. The van der Waals surface area contributed by atoms with E-state index in [0.717, 1.165) is 5.56 Å². The molecule has 6 heteroatoms. The highest BCUT2D eigenvalue weighted by Gasteiger charge is 2.03. The third-order valence-electron chi connectivity index (χ3n) is 1.68. The summed E-state index contributed by atoms with van der Waals surface area (Å²) in [6, 6.07) is 3.63. The Morgan fingerprint density at radius 1 is 1.67 bits per heavy atom. The van der Waals surface area contributed by atoms with Crippen molar-refractivity contribution in [1.82, 2.24) is 10.3 Å². The first kappa shape index (κ1) is 11.0. The van der Waals surface area contributed by atoms with Crippen LogP contribution in [0.3, 0.4) is 0 Å². The fourth-order valence-corrected chi connectivity index (χ4v) is 0.966. The Labute approximate surface area is 86.8 Å². The quantitative estimate of drug-likeness (QED) is 0.277. The van der Waals surface area contributed by atoms with Crippen molar-refractivity contribution in [3.05, 3.63) is 30.1 Å². The number of aromatic nitrogens is 1. The van der Waals surface area contributed by atoms with Crippen LogP contribution in [0.1, 0.15) is 12.0 Å². The minimum absolute atomic E-state index is 0.112. The number of carbonyl (C=O) groups is 1. The molecule has 1 rings (SSSR count). The van der Waals surface area contributed by atoms with Crippen molar-refractivity contribution in [2.24, 2.45) is 10.9 Å². The second-order valence-corrected chi connectivity index (χ2v) is 2.91. The molecule has 0 saturated heterocycles. The van der Waals surface area contributed by atoms with Gasteiger partial charge in [-0.15, -0.1) is 0 Å². The van der Waals surface area contributed by atoms with Crippen LogP contribution in [0.25, 0.3) is 0 Å². The lowest BCUT2D eigenvalue weighted by Crippen LogP contribution is -2.28. The van der Waals surface area contributed by atoms with Crippen LogP contribution in [-0.2, 0) is 11.3 Å². The molecule has 0 aliphatic heterocycles. The number of nitrogens with two attached hydrogens (primary N) is 1. The zero-order chi connectivity index (χ0) is 11.1. The van der Waals surface area contributed by atoms with Crippen molar-refractivity contribution >= 4 is 11.7 Å². The van der Waals surface area contributed by atoms with E-state index in [1.807, 2.05) is 6.07 Å². The van der Waals surface area contributed by atoms with Crippen LogP contribution in [0.5, 0.6) is 0 Å². The highest BCUT2D eigenvalue weighted by molar-refractivity contribution is 5.98. The van der Waals surface area contributed by atoms with Gasteiger partial charge in [0.2, 0.25) is 5.91 Å². The lowest BCUT2D eigenvalue weighted by molar-refractivity contribution is -0.120. The van der Waals surface area contributed by atoms with E-state index >= 15 is 0 Å². The van der Waals surface area contributed by atoms with E-state index in [-0.39, 0.29) is 18.2 Å². The number of carbonyl (C=O) groups excluding carboxylic acids is 1. The zero-order valence-corrected chi connectivity index (χ0v) is 8.05. The normalized spacial score (nSPS) is 11.1. The van der Waals surface area contributed by atoms with Gasteiger partial charge in [0, 0.05) is 18.9 Å². The van der Waals surface area contributed by atoms with E-state index in [4.69, 9.17) is 10.9 Å². The summed E-state index contributed by atoms with van der Waals surface area (Å²) in [6.07, 6.45) is 3.20. The van der Waals surface area contributed by atoms with Gasteiger partial charge in [0.1, 0.15) is 5.84 Å². The first-order chi connectivity index (χ1) is 7.22. The average Bonchev–Trinajstić information content (AvgIpc) is 2.27. The summed E-state index contributed by atoms with van der Waals surface area (Å²) < 4.78 is 0. The smallest absolute Gasteiger partial charge is 0.227 e. The predicted molar refractivity (Wildman–Crippen MR) is 54.1 cm³/mol. The number of hydrogen-bond donors (Lipinski definition) is 3. The molecule has 0 spiro atoms. The molecule has 0 unspecified atom stereocenters. The maximum atomic E-state index is 11.2. The Balaban J connectivity index is 2.35. The molecule has 0 saturated carbocycles. The van der Waals surface area contributed by atoms with Gasteiger partial charge in [0.15, 0.2) is 0 Å². The van der Waals surface area contributed by atoms with E-state index in [2.05, 4.69) is 15.5 Å². The number of rotatable bonds is 4. The van der Waals surface area contributed by atoms with Gasteiger partial charge in [-0.3, -0.25) is 9.78 Å². The van der Waals surface area contributed by atoms with Gasteiger partial charge >= 0.3 is 0 Å². The number of nitrogens with zero attached hydrogens (tertiary/aromatic N) is 2. The monoisotopic (exact) mass is 208 g/mol. The summed E-state index contributed by atoms with van der Waals surface area (Å²) in [4.78, 5) is 15.1. The third kappa shape index (κ3) is 4.08. The van der Waals surface area contributed by atoms with E-state index in [0.29, 0.717) is 6.54 Å². The second-order valence-electron chi connectivity index (χ2n) is 2.91. The minimum atomic E-state index is -0.297. The summed E-state index contributed by atoms with van der Waals surface area (Å²) in [5.74, 6) is -0.409. The molecule has 0 radical (unpaired) electrons. The van der Waals surface area contributed by atoms with Crippen LogP contribution in [0.15, 0.2) is 29.7 Å². The number of oxime groups is 1. The highest BCUT2D eigenvalue weighted by atomic mass is 16.4. The maximum absolute atomic E-state index is 11.2. The van der Waals surface area contributed by atoms with Crippen LogP contribution < -0.4 is 11.1 Å². The largest absolute Gasteiger partial charge is 0.409 e. The van der Waals surface area contributed by atoms with Crippen molar-refractivity contribution in [3.63, 3.8) is 0 Å². The molecule has 1 aromatic heterocycles. The third-order valence-corrected chi connectivity index (χ3v) is 1.68. The van der Waals surface area contributed by atoms with Crippen LogP contribution in [0.4, 0.5) is 0 Å². The summed E-state index contributed by atoms with van der Waals surface area (Å²) >= 11 is 0. The fraction of sp³-hybridized carbons (Fsp3) is 0.222. The van der Waals surface area contributed by atoms with E-state index in [1.54, 1.807) is 18.5 Å². The molecule has 0 aliphatic carbocycles. The molecule has 4 N–H and O–H groups in total. The van der Waals surface area contributed by atoms with Crippen LogP contribution in [0, 0.1) is 0 Å². The molecule has 6 nitrogen and oxygen atoms in total. The number of hydrogen-bond acceptors (Lipinski definition) is 4. The first-order valence-electron chi connectivity index (χ1n) is 4.34. The summed E-state index contributed by atoms with van der Waals surface area (Å²) in [5.41, 5.74) is 6.06. The molecule has 1 amide bonds. The minimum Gasteiger partial charge on any atom is -0.409 e. The van der Waals surface area contributed by atoms with E-state index in [1.165, 1.54) is 0 Å². The van der Waals surface area contributed by atoms with Crippen molar-refractivity contribution < 1.29 is 10.0 Å². The Bertz CT molecular complexity index is 350. The number of amidine groups is 1. The van der Waals surface area contributed by atoms with Crippen LogP contribution in [0.2, 0.25) is 0 Å². The van der Waals surface area contributed by atoms with E-state index < -0.39 is 0 Å². The Kier molecular flexibility index (Phi) is 4.08. The summed E-state index contributed by atoms with van der Waals surface area (Å²) in [6.45, 7) is 0.380. The molecular formula is C9H12N4O2. The standard InChI is InChI=1S/C9H12N4O2/c10-8(13-15)4-9(14)12-6-7-2-1-3-11-5-7/h1-3,5,15H,4,6H2,(H2,10,13)(H,12,14). The molecule has 15 heavy (non-hydrogen) atoms. The molecule has 0 fully saturated rings. The lowest BCUT2D eigenvalue weighted by Gasteiger charge is -2.03. The topological polar surface area (TPSA) is 101 Å². The van der Waals surface area contributed by atoms with Gasteiger partial charge in [0.25, 0.3) is 0 Å². The van der Waals surface area contributed by atoms with Crippen molar-refractivity contribution in [1.29, 1.82) is 0 Å². The highest BCUT2D eigenvalue weighted by Crippen LogP contribution is 1.94. The van der Waals surface area contributed by atoms with Gasteiger partial charge < -0.3 is 16.3 Å². The van der Waals surface area contributed by atoms with Gasteiger partial charge in [-0.1, -0.05) is 11.2 Å². The van der Waals surface area contributed by atoms with Crippen molar-refractivity contribution in [3.8, 4) is 0 Å². The first-order valence-corrected chi connectivity index (χ1v) is 4.34. The molecular weight excluding hydrogens is 196 g/mol. The number of pyridine rings is 1. The molecule has 0 bridgehead atoms. The number of amides is 1. The second kappa shape index (κ2) is 5.58. The molecule has 0 atom stereocenters. The Morgan fingerprint density at radius 2 is 2.47 bits per heavy atom. The van der Waals surface area contributed by atoms with Crippen LogP contribution in [-0.4, -0.2) is 21.9 Å². The van der Waals surface area contributed by atoms with Crippen LogP contribution >= 0.6 is 0 Å². The average molecular weight is 208 g/mol. The molecule has 1 heterocycles. The summed E-state index contributed by atoms with van der Waals surface area (Å²) in [7, 11) is 0. The Morgan fingerprint density at radius 3 is 3.07 bits per heavy atom. The SMILES string of the molecule is N/C(CC(=O)NCc1cccnc1)=N\O. The van der Waals surface area contributed by atoms with Crippen molar-refractivity contribution in [2.75, 3.05) is 0 Å². The van der Waals surface area contributed by atoms with Gasteiger partial charge in [-0.05, 0) is 11.6 Å². The zero-order valence-electron chi connectivity index (χ0n) is 8.05. The predicted octanol–water partition coefficient (Wildman–Crippen LogP) is -0.166. The van der Waals surface area contributed by atoms with Crippen molar-refractivity contribution in [2.45, 2.75) is 13.0 Å². The molecule has 0 aromatic carbocycles. The number of nitrogens with one attached hydrogen (secondary N) is 1. The Hall–Kier alpha value is -2.11. The van der Waals surface area contributed by atoms with E-state index in [9.17, 15) is 4.79 Å². The molecule has 0 aliphatic rings. The van der Waals surface area contributed by atoms with Gasteiger partial charge in [0.05, 0.1) is 6.42 Å². The fourth-order valence-electron chi connectivity index (χ4n) is 0.966. The summed E-state index contributed by atoms with van der Waals surface area (Å²) in [5, 5.41) is 13.6. The van der Waals surface area contributed by atoms with Gasteiger partial charge in [-0.25, -0.2) is 0 Å².